The molecule has 1 heterocycles. The number of carbonyl (C=O) groups excluding carboxylic acids is 1. The minimum atomic E-state index is -0.454. The van der Waals surface area contributed by atoms with Crippen LogP contribution in [0.2, 0.25) is 0 Å². The number of ether oxygens (including phenoxy) is 2. The molecule has 19 heavy (non-hydrogen) atoms. The van der Waals surface area contributed by atoms with Gasteiger partial charge >= 0.3 is 5.97 Å². The zero-order valence-electron chi connectivity index (χ0n) is 11.8. The molecule has 6 nitrogen and oxygen atoms in total. The van der Waals surface area contributed by atoms with Gasteiger partial charge < -0.3 is 9.47 Å². The maximum Gasteiger partial charge on any atom is 0.378 e. The molecular formula is C13H21N3O3. The van der Waals surface area contributed by atoms with Crippen LogP contribution >= 0.6 is 0 Å². The molecule has 2 rings (SSSR count). The quantitative estimate of drug-likeness (QED) is 0.728. The summed E-state index contributed by atoms with van der Waals surface area (Å²) in [6, 6.07) is 0. The van der Waals surface area contributed by atoms with E-state index in [4.69, 9.17) is 9.47 Å². The van der Waals surface area contributed by atoms with Crippen LogP contribution < -0.4 is 0 Å². The van der Waals surface area contributed by atoms with Crippen LogP contribution in [-0.2, 0) is 22.9 Å². The first-order valence-corrected chi connectivity index (χ1v) is 6.82. The van der Waals surface area contributed by atoms with Crippen molar-refractivity contribution in [3.8, 4) is 0 Å². The monoisotopic (exact) mass is 267 g/mol. The van der Waals surface area contributed by atoms with Crippen LogP contribution in [-0.4, -0.2) is 40.1 Å². The highest BCUT2D eigenvalue weighted by atomic mass is 16.5. The van der Waals surface area contributed by atoms with E-state index in [0.717, 1.165) is 31.7 Å². The first kappa shape index (κ1) is 14.0. The van der Waals surface area contributed by atoms with Crippen LogP contribution in [0.25, 0.3) is 0 Å². The molecule has 1 fully saturated rings. The van der Waals surface area contributed by atoms with Gasteiger partial charge in [-0.2, -0.15) is 0 Å². The van der Waals surface area contributed by atoms with Crippen molar-refractivity contribution < 1.29 is 14.3 Å². The number of aryl methyl sites for hydroxylation is 1. The summed E-state index contributed by atoms with van der Waals surface area (Å²) in [6.45, 7) is 4.89. The molecule has 0 spiro atoms. The first-order chi connectivity index (χ1) is 9.13. The fourth-order valence-corrected chi connectivity index (χ4v) is 2.35. The van der Waals surface area contributed by atoms with E-state index < -0.39 is 5.97 Å². The van der Waals surface area contributed by atoms with Gasteiger partial charge in [-0.15, -0.1) is 5.10 Å². The van der Waals surface area contributed by atoms with Crippen LogP contribution in [0.1, 0.15) is 43.1 Å². The third-order valence-electron chi connectivity index (χ3n) is 3.38. The van der Waals surface area contributed by atoms with Crippen LogP contribution in [0.4, 0.5) is 0 Å². The van der Waals surface area contributed by atoms with Crippen LogP contribution in [0, 0.1) is 5.92 Å². The molecule has 1 aromatic rings. The fraction of sp³-hybridized carbons (Fsp3) is 0.769. The molecule has 106 valence electrons. The van der Waals surface area contributed by atoms with Crippen LogP contribution in [0.3, 0.4) is 0 Å². The first-order valence-electron chi connectivity index (χ1n) is 6.82. The zero-order valence-corrected chi connectivity index (χ0v) is 11.8. The number of hydrogen-bond donors (Lipinski definition) is 0. The van der Waals surface area contributed by atoms with Gasteiger partial charge in [-0.1, -0.05) is 0 Å². The molecule has 0 atom stereocenters. The van der Waals surface area contributed by atoms with Gasteiger partial charge in [0, 0.05) is 20.1 Å². The third kappa shape index (κ3) is 3.32. The molecular weight excluding hydrogens is 246 g/mol. The molecule has 0 bridgehead atoms. The Morgan fingerprint density at radius 1 is 1.37 bits per heavy atom. The lowest BCUT2D eigenvalue weighted by Gasteiger charge is -2.34. The zero-order chi connectivity index (χ0) is 13.8. The minimum Gasteiger partial charge on any atom is -0.460 e. The second-order valence-corrected chi connectivity index (χ2v) is 4.81. The Kier molecular flexibility index (Phi) is 4.52. The Bertz CT molecular complexity index is 438. The number of nitrogens with zero attached hydrogens (tertiary/aromatic N) is 3. The Balaban J connectivity index is 1.89. The van der Waals surface area contributed by atoms with E-state index in [1.54, 1.807) is 11.6 Å². The van der Waals surface area contributed by atoms with E-state index >= 15 is 0 Å². The molecule has 6 heteroatoms. The lowest BCUT2D eigenvalue weighted by molar-refractivity contribution is -0.0247. The standard InChI is InChI=1S/C13H21N3O3/c1-4-18-10-6-9(7-10)8-11-14-12(15-16(11)3)13(17)19-5-2/h9-10H,4-8H2,1-3H3. The highest BCUT2D eigenvalue weighted by Gasteiger charge is 2.31. The number of hydrogen-bond acceptors (Lipinski definition) is 5. The van der Waals surface area contributed by atoms with E-state index in [9.17, 15) is 4.79 Å². The number of esters is 1. The SMILES string of the molecule is CCOC(=O)c1nc(CC2CC(OCC)C2)n(C)n1. The molecule has 0 unspecified atom stereocenters. The van der Waals surface area contributed by atoms with Gasteiger partial charge in [0.2, 0.25) is 0 Å². The number of carbonyl (C=O) groups is 1. The summed E-state index contributed by atoms with van der Waals surface area (Å²) < 4.78 is 12.1. The van der Waals surface area contributed by atoms with E-state index in [1.165, 1.54) is 0 Å². The summed E-state index contributed by atoms with van der Waals surface area (Å²) in [6.07, 6.45) is 3.37. The lowest BCUT2D eigenvalue weighted by atomic mass is 9.80. The van der Waals surface area contributed by atoms with E-state index in [0.29, 0.717) is 18.6 Å². The van der Waals surface area contributed by atoms with E-state index in [1.807, 2.05) is 14.0 Å². The Morgan fingerprint density at radius 3 is 2.74 bits per heavy atom. The van der Waals surface area contributed by atoms with Crippen molar-refractivity contribution in [2.24, 2.45) is 13.0 Å². The molecule has 0 radical (unpaired) electrons. The molecule has 1 aromatic heterocycles. The van der Waals surface area contributed by atoms with Gasteiger partial charge in [-0.05, 0) is 32.6 Å². The highest BCUT2D eigenvalue weighted by Crippen LogP contribution is 2.32. The molecule has 0 aliphatic heterocycles. The van der Waals surface area contributed by atoms with Gasteiger partial charge in [0.15, 0.2) is 0 Å². The number of rotatable bonds is 6. The maximum absolute atomic E-state index is 11.5. The third-order valence-corrected chi connectivity index (χ3v) is 3.38. The summed E-state index contributed by atoms with van der Waals surface area (Å²) >= 11 is 0. The van der Waals surface area contributed by atoms with Gasteiger partial charge in [-0.25, -0.2) is 9.78 Å². The summed E-state index contributed by atoms with van der Waals surface area (Å²) in [5, 5.41) is 4.10. The van der Waals surface area contributed by atoms with Crippen molar-refractivity contribution in [1.82, 2.24) is 14.8 Å². The van der Waals surface area contributed by atoms with Crippen molar-refractivity contribution in [3.63, 3.8) is 0 Å². The summed E-state index contributed by atoms with van der Waals surface area (Å²) in [4.78, 5) is 15.8. The summed E-state index contributed by atoms with van der Waals surface area (Å²) in [5.41, 5.74) is 0. The van der Waals surface area contributed by atoms with Crippen LogP contribution in [0.15, 0.2) is 0 Å². The van der Waals surface area contributed by atoms with Gasteiger partial charge in [-0.3, -0.25) is 4.68 Å². The van der Waals surface area contributed by atoms with Crippen LogP contribution in [0.5, 0.6) is 0 Å². The minimum absolute atomic E-state index is 0.153. The van der Waals surface area contributed by atoms with Gasteiger partial charge in [0.05, 0.1) is 12.7 Å². The average molecular weight is 267 g/mol. The molecule has 1 aliphatic carbocycles. The average Bonchev–Trinajstić information content (AvgIpc) is 2.69. The van der Waals surface area contributed by atoms with E-state index in [-0.39, 0.29) is 5.82 Å². The smallest absolute Gasteiger partial charge is 0.378 e. The van der Waals surface area contributed by atoms with E-state index in [2.05, 4.69) is 10.1 Å². The predicted octanol–water partition coefficient (Wildman–Crippen LogP) is 1.35. The Hall–Kier alpha value is -1.43. The molecule has 0 aromatic carbocycles. The van der Waals surface area contributed by atoms with Gasteiger partial charge in [0.1, 0.15) is 5.82 Å². The number of aromatic nitrogens is 3. The summed E-state index contributed by atoms with van der Waals surface area (Å²) in [7, 11) is 1.81. The molecule has 1 aliphatic rings. The molecule has 0 amide bonds. The predicted molar refractivity (Wildman–Crippen MR) is 68.8 cm³/mol. The second kappa shape index (κ2) is 6.14. The van der Waals surface area contributed by atoms with Crippen molar-refractivity contribution in [1.29, 1.82) is 0 Å². The van der Waals surface area contributed by atoms with Gasteiger partial charge in [0.25, 0.3) is 5.82 Å². The second-order valence-electron chi connectivity index (χ2n) is 4.81. The topological polar surface area (TPSA) is 66.2 Å². The summed E-state index contributed by atoms with van der Waals surface area (Å²) in [5.74, 6) is 1.11. The lowest BCUT2D eigenvalue weighted by Crippen LogP contribution is -2.33. The molecule has 0 saturated heterocycles. The fourth-order valence-electron chi connectivity index (χ4n) is 2.35. The van der Waals surface area contributed by atoms with Crippen molar-refractivity contribution in [2.45, 2.75) is 39.2 Å². The van der Waals surface area contributed by atoms with Crippen molar-refractivity contribution >= 4 is 5.97 Å². The van der Waals surface area contributed by atoms with Crippen molar-refractivity contribution in [3.05, 3.63) is 11.6 Å². The largest absolute Gasteiger partial charge is 0.460 e. The molecule has 1 saturated carbocycles. The Labute approximate surface area is 113 Å². The molecule has 0 N–H and O–H groups in total. The van der Waals surface area contributed by atoms with Crippen molar-refractivity contribution in [2.75, 3.05) is 13.2 Å². The normalized spacial score (nSPS) is 22.1. The maximum atomic E-state index is 11.5. The Morgan fingerprint density at radius 2 is 2.11 bits per heavy atom. The highest BCUT2D eigenvalue weighted by molar-refractivity contribution is 5.84.